The Kier molecular flexibility index (Phi) is 9.34. The van der Waals surface area contributed by atoms with Crippen molar-refractivity contribution in [3.05, 3.63) is 29.5 Å². The van der Waals surface area contributed by atoms with Crippen molar-refractivity contribution in [2.24, 2.45) is 0 Å². The van der Waals surface area contributed by atoms with E-state index in [9.17, 15) is 4.79 Å². The highest BCUT2D eigenvalue weighted by Gasteiger charge is 2.23. The molecule has 29 heavy (non-hydrogen) atoms. The van der Waals surface area contributed by atoms with Gasteiger partial charge >= 0.3 is 6.03 Å². The Balaban J connectivity index is 0.000000941. The lowest BCUT2D eigenvalue weighted by Gasteiger charge is -2.25. The molecule has 5 N–H and O–H groups in total. The van der Waals surface area contributed by atoms with Gasteiger partial charge in [0.1, 0.15) is 0 Å². The van der Waals surface area contributed by atoms with E-state index < -0.39 is 0 Å². The first kappa shape index (κ1) is 23.1. The zero-order valence-corrected chi connectivity index (χ0v) is 18.2. The van der Waals surface area contributed by atoms with Crippen molar-refractivity contribution in [3.63, 3.8) is 0 Å². The second kappa shape index (κ2) is 11.7. The fraction of sp³-hybridized carbons (Fsp3) is 0.524. The topological polar surface area (TPSA) is 106 Å². The van der Waals surface area contributed by atoms with Gasteiger partial charge in [-0.3, -0.25) is 9.52 Å². The van der Waals surface area contributed by atoms with E-state index >= 15 is 0 Å². The van der Waals surface area contributed by atoms with Gasteiger partial charge in [0.05, 0.1) is 0 Å². The maximum absolute atomic E-state index is 11.8. The van der Waals surface area contributed by atoms with Crippen LogP contribution < -0.4 is 15.4 Å². The van der Waals surface area contributed by atoms with Crippen molar-refractivity contribution >= 4 is 35.4 Å². The Hall–Kier alpha value is -2.19. The smallest absolute Gasteiger partial charge is 0.325 e. The van der Waals surface area contributed by atoms with E-state index in [2.05, 4.69) is 59.3 Å². The van der Waals surface area contributed by atoms with E-state index in [1.54, 1.807) is 0 Å². The van der Waals surface area contributed by atoms with Gasteiger partial charge in [0.25, 0.3) is 6.47 Å². The van der Waals surface area contributed by atoms with Crippen molar-refractivity contribution in [1.82, 2.24) is 20.3 Å². The minimum atomic E-state index is -0.250. The summed E-state index contributed by atoms with van der Waals surface area (Å²) in [6.45, 7) is 6.99. The molecule has 2 aromatic rings. The van der Waals surface area contributed by atoms with E-state index in [1.165, 1.54) is 40.5 Å². The summed E-state index contributed by atoms with van der Waals surface area (Å²) in [5.41, 5.74) is 3.99. The molecular formula is C21H32N4O3S. The molecule has 0 fully saturated rings. The largest absolute Gasteiger partial charge is 0.483 e. The fourth-order valence-electron chi connectivity index (χ4n) is 3.59. The first-order valence-corrected chi connectivity index (χ1v) is 11.0. The molecule has 1 unspecified atom stereocenters. The summed E-state index contributed by atoms with van der Waals surface area (Å²) in [5.74, 6) is 0. The standard InChI is InChI=1S/C20H30N4OS.CH2O2/c1-4-5-10-21-20(25)24-26-15-7-9-19-17(12-15)16-11-14(22-13(2)3)6-8-18(16)23-19;2-1-3/h7,9,12-14,22-23H,4-6,8,10-11H2,1-3H3,(H2,21,24,25);1H,(H,2,3). The van der Waals surface area contributed by atoms with Crippen LogP contribution in [-0.4, -0.2) is 41.2 Å². The zero-order chi connectivity index (χ0) is 21.2. The molecule has 1 heterocycles. The van der Waals surface area contributed by atoms with Crippen LogP contribution in [0, 0.1) is 0 Å². The molecule has 160 valence electrons. The van der Waals surface area contributed by atoms with Crippen LogP contribution in [0.25, 0.3) is 10.9 Å². The summed E-state index contributed by atoms with van der Waals surface area (Å²) in [6, 6.07) is 7.30. The van der Waals surface area contributed by atoms with Gasteiger partial charge in [0, 0.05) is 40.1 Å². The predicted molar refractivity (Wildman–Crippen MR) is 118 cm³/mol. The number of nitrogens with one attached hydrogen (secondary N) is 4. The van der Waals surface area contributed by atoms with Gasteiger partial charge in [-0.25, -0.2) is 4.79 Å². The molecule has 1 aromatic carbocycles. The summed E-state index contributed by atoms with van der Waals surface area (Å²) in [4.78, 5) is 24.8. The van der Waals surface area contributed by atoms with E-state index in [1.807, 2.05) is 0 Å². The molecule has 8 heteroatoms. The lowest BCUT2D eigenvalue weighted by Crippen LogP contribution is -2.38. The molecule has 3 rings (SSSR count). The molecule has 0 bridgehead atoms. The number of aromatic nitrogens is 1. The number of amides is 2. The number of aromatic amines is 1. The highest BCUT2D eigenvalue weighted by atomic mass is 32.2. The first-order chi connectivity index (χ1) is 14.0. The van der Waals surface area contributed by atoms with Gasteiger partial charge < -0.3 is 20.7 Å². The molecule has 1 aliphatic rings. The van der Waals surface area contributed by atoms with Crippen molar-refractivity contribution in [2.75, 3.05) is 6.54 Å². The second-order valence-corrected chi connectivity index (χ2v) is 8.35. The van der Waals surface area contributed by atoms with Gasteiger partial charge in [-0.2, -0.15) is 0 Å². The first-order valence-electron chi connectivity index (χ1n) is 10.2. The van der Waals surface area contributed by atoms with Crippen molar-refractivity contribution in [2.45, 2.75) is 69.9 Å². The van der Waals surface area contributed by atoms with Crippen LogP contribution in [0.15, 0.2) is 23.1 Å². The number of aryl methyl sites for hydroxylation is 1. The highest BCUT2D eigenvalue weighted by Crippen LogP contribution is 2.31. The van der Waals surface area contributed by atoms with Gasteiger partial charge in [-0.15, -0.1) is 0 Å². The molecule has 0 aliphatic heterocycles. The number of H-pyrrole nitrogens is 1. The van der Waals surface area contributed by atoms with Crippen molar-refractivity contribution < 1.29 is 14.7 Å². The lowest BCUT2D eigenvalue weighted by atomic mass is 9.91. The minimum Gasteiger partial charge on any atom is -0.483 e. The van der Waals surface area contributed by atoms with Gasteiger partial charge in [-0.05, 0) is 61.4 Å². The summed E-state index contributed by atoms with van der Waals surface area (Å²) < 4.78 is 2.87. The van der Waals surface area contributed by atoms with Crippen LogP contribution in [-0.2, 0) is 17.6 Å². The Bertz CT molecular complexity index is 807. The fourth-order valence-corrected chi connectivity index (χ4v) is 4.19. The number of carbonyl (C=O) groups excluding carboxylic acids is 1. The number of carbonyl (C=O) groups is 2. The third-order valence-electron chi connectivity index (χ3n) is 4.81. The van der Waals surface area contributed by atoms with Crippen LogP contribution in [0.1, 0.15) is 51.3 Å². The summed E-state index contributed by atoms with van der Waals surface area (Å²) >= 11 is 1.38. The van der Waals surface area contributed by atoms with Crippen molar-refractivity contribution in [3.8, 4) is 0 Å². The summed E-state index contributed by atoms with van der Waals surface area (Å²) in [6.07, 6.45) is 5.42. The van der Waals surface area contributed by atoms with Crippen LogP contribution in [0.3, 0.4) is 0 Å². The van der Waals surface area contributed by atoms with E-state index in [-0.39, 0.29) is 12.5 Å². The van der Waals surface area contributed by atoms with E-state index in [0.717, 1.165) is 37.1 Å². The normalized spacial score (nSPS) is 15.4. The molecule has 0 saturated heterocycles. The lowest BCUT2D eigenvalue weighted by molar-refractivity contribution is -0.122. The number of carboxylic acid groups (broad SMARTS) is 1. The average Bonchev–Trinajstić information content (AvgIpc) is 3.04. The van der Waals surface area contributed by atoms with Crippen LogP contribution in [0.4, 0.5) is 4.79 Å². The Morgan fingerprint density at radius 3 is 2.86 bits per heavy atom. The molecule has 2 amide bonds. The van der Waals surface area contributed by atoms with Gasteiger partial charge in [0.15, 0.2) is 0 Å². The van der Waals surface area contributed by atoms with Gasteiger partial charge in [-0.1, -0.05) is 27.2 Å². The Labute approximate surface area is 176 Å². The number of fused-ring (bicyclic) bond motifs is 3. The number of benzene rings is 1. The SMILES string of the molecule is CCCCNC(=O)NSc1ccc2[nH]c3c(c2c1)CC(NC(C)C)CC3.O=CO. The molecule has 1 aromatic heterocycles. The van der Waals surface area contributed by atoms with E-state index in [0.29, 0.717) is 12.1 Å². The predicted octanol–water partition coefficient (Wildman–Crippen LogP) is 3.83. The molecule has 0 saturated carbocycles. The molecule has 1 atom stereocenters. The second-order valence-electron chi connectivity index (χ2n) is 7.47. The number of hydrogen-bond acceptors (Lipinski definition) is 4. The maximum atomic E-state index is 11.8. The quantitative estimate of drug-likeness (QED) is 0.266. The molecule has 0 spiro atoms. The molecule has 1 aliphatic carbocycles. The number of unbranched alkanes of at least 4 members (excludes halogenated alkanes) is 1. The Morgan fingerprint density at radius 2 is 2.17 bits per heavy atom. The number of hydrogen-bond donors (Lipinski definition) is 5. The summed E-state index contributed by atoms with van der Waals surface area (Å²) in [5, 5.41) is 14.7. The van der Waals surface area contributed by atoms with Crippen LogP contribution >= 0.6 is 11.9 Å². The minimum absolute atomic E-state index is 0.124. The Morgan fingerprint density at radius 1 is 1.41 bits per heavy atom. The average molecular weight is 421 g/mol. The third kappa shape index (κ3) is 6.97. The molecule has 7 nitrogen and oxygen atoms in total. The molecular weight excluding hydrogens is 388 g/mol. The maximum Gasteiger partial charge on any atom is 0.325 e. The number of rotatable bonds is 7. The van der Waals surface area contributed by atoms with Gasteiger partial charge in [0.2, 0.25) is 0 Å². The van der Waals surface area contributed by atoms with Crippen LogP contribution in [0.2, 0.25) is 0 Å². The monoisotopic (exact) mass is 420 g/mol. The van der Waals surface area contributed by atoms with Crippen molar-refractivity contribution in [1.29, 1.82) is 0 Å². The zero-order valence-electron chi connectivity index (χ0n) is 17.4. The third-order valence-corrected chi connectivity index (χ3v) is 5.58. The summed E-state index contributed by atoms with van der Waals surface area (Å²) in [7, 11) is 0. The number of urea groups is 1. The van der Waals surface area contributed by atoms with E-state index in [4.69, 9.17) is 9.90 Å². The molecule has 0 radical (unpaired) electrons. The highest BCUT2D eigenvalue weighted by molar-refractivity contribution is 7.98. The van der Waals surface area contributed by atoms with Crippen LogP contribution in [0.5, 0.6) is 0 Å².